The molecule has 0 N–H and O–H groups in total. The summed E-state index contributed by atoms with van der Waals surface area (Å²) >= 11 is 7.90. The highest BCUT2D eigenvalue weighted by Gasteiger charge is 2.25. The quantitative estimate of drug-likeness (QED) is 0.669. The van der Waals surface area contributed by atoms with Gasteiger partial charge in [0.15, 0.2) is 0 Å². The van der Waals surface area contributed by atoms with Gasteiger partial charge in [-0.1, -0.05) is 29.8 Å². The van der Waals surface area contributed by atoms with Crippen LogP contribution in [-0.2, 0) is 6.54 Å². The predicted octanol–water partition coefficient (Wildman–Crippen LogP) is 4.83. The zero-order valence-corrected chi connectivity index (χ0v) is 14.8. The van der Waals surface area contributed by atoms with Crippen molar-refractivity contribution in [2.45, 2.75) is 25.3 Å². The van der Waals surface area contributed by atoms with Crippen LogP contribution in [0.25, 0.3) is 11.5 Å². The summed E-state index contributed by atoms with van der Waals surface area (Å²) < 4.78 is 5.88. The van der Waals surface area contributed by atoms with Crippen LogP contribution in [0.4, 0.5) is 0 Å². The maximum Gasteiger partial charge on any atom is 0.248 e. The number of halogens is 1. The second-order valence-electron chi connectivity index (χ2n) is 6.10. The van der Waals surface area contributed by atoms with Crippen LogP contribution < -0.4 is 0 Å². The molecule has 4 nitrogen and oxygen atoms in total. The highest BCUT2D eigenvalue weighted by Crippen LogP contribution is 2.30. The summed E-state index contributed by atoms with van der Waals surface area (Å²) in [4.78, 5) is 2.44. The highest BCUT2D eigenvalue weighted by atomic mass is 35.5. The molecule has 24 heavy (non-hydrogen) atoms. The van der Waals surface area contributed by atoms with Crippen LogP contribution in [0.1, 0.15) is 30.2 Å². The van der Waals surface area contributed by atoms with Crippen LogP contribution >= 0.6 is 22.9 Å². The normalized spacial score (nSPS) is 16.5. The van der Waals surface area contributed by atoms with Crippen LogP contribution in [0.3, 0.4) is 0 Å². The van der Waals surface area contributed by atoms with E-state index < -0.39 is 0 Å². The highest BCUT2D eigenvalue weighted by molar-refractivity contribution is 7.08. The molecule has 0 aliphatic carbocycles. The Kier molecular flexibility index (Phi) is 4.65. The predicted molar refractivity (Wildman–Crippen MR) is 96.3 cm³/mol. The first-order valence-corrected chi connectivity index (χ1v) is 9.43. The Balaban J connectivity index is 1.37. The molecule has 0 amide bonds. The van der Waals surface area contributed by atoms with Gasteiger partial charge in [-0.05, 0) is 49.0 Å². The van der Waals surface area contributed by atoms with E-state index in [-0.39, 0.29) is 0 Å². The van der Waals surface area contributed by atoms with Crippen LogP contribution in [0.5, 0.6) is 0 Å². The third-order valence-electron chi connectivity index (χ3n) is 4.50. The van der Waals surface area contributed by atoms with E-state index in [9.17, 15) is 0 Å². The van der Waals surface area contributed by atoms with E-state index in [0.29, 0.717) is 11.8 Å². The summed E-state index contributed by atoms with van der Waals surface area (Å²) in [5.74, 6) is 1.76. The van der Waals surface area contributed by atoms with Crippen molar-refractivity contribution < 1.29 is 4.42 Å². The summed E-state index contributed by atoms with van der Waals surface area (Å²) in [7, 11) is 0. The molecule has 6 heteroatoms. The van der Waals surface area contributed by atoms with E-state index in [4.69, 9.17) is 16.0 Å². The average Bonchev–Trinajstić information content (AvgIpc) is 3.29. The minimum absolute atomic E-state index is 0.354. The van der Waals surface area contributed by atoms with Crippen LogP contribution in [-0.4, -0.2) is 28.2 Å². The fourth-order valence-electron chi connectivity index (χ4n) is 3.11. The molecule has 4 rings (SSSR count). The molecule has 0 saturated carbocycles. The van der Waals surface area contributed by atoms with E-state index in [1.807, 2.05) is 35.0 Å². The number of thiophene rings is 1. The van der Waals surface area contributed by atoms with Crippen molar-refractivity contribution in [1.29, 1.82) is 0 Å². The van der Waals surface area contributed by atoms with Gasteiger partial charge in [0.25, 0.3) is 0 Å². The van der Waals surface area contributed by atoms with Gasteiger partial charge < -0.3 is 4.42 Å². The van der Waals surface area contributed by atoms with Gasteiger partial charge in [-0.3, -0.25) is 4.90 Å². The second-order valence-corrected chi connectivity index (χ2v) is 7.29. The van der Waals surface area contributed by atoms with Crippen LogP contribution in [0, 0.1) is 0 Å². The Morgan fingerprint density at radius 2 is 2.00 bits per heavy atom. The standard InChI is InChI=1S/C18H18ClN3OS/c19-16-4-2-1-3-14(16)11-22-8-5-13(6-9-22)17-20-21-18(23-17)15-7-10-24-12-15/h1-4,7,10,12-13H,5-6,8-9,11H2. The Morgan fingerprint density at radius 3 is 2.75 bits per heavy atom. The third kappa shape index (κ3) is 3.38. The smallest absolute Gasteiger partial charge is 0.248 e. The first-order valence-electron chi connectivity index (χ1n) is 8.11. The summed E-state index contributed by atoms with van der Waals surface area (Å²) in [5, 5.41) is 13.4. The van der Waals surface area contributed by atoms with Crippen molar-refractivity contribution in [2.24, 2.45) is 0 Å². The molecule has 3 aromatic rings. The van der Waals surface area contributed by atoms with Crippen molar-refractivity contribution in [1.82, 2.24) is 15.1 Å². The van der Waals surface area contributed by atoms with Gasteiger partial charge in [-0.15, -0.1) is 10.2 Å². The van der Waals surface area contributed by atoms with E-state index >= 15 is 0 Å². The number of likely N-dealkylation sites (tertiary alicyclic amines) is 1. The molecule has 0 spiro atoms. The van der Waals surface area contributed by atoms with E-state index in [1.54, 1.807) is 11.3 Å². The van der Waals surface area contributed by atoms with Gasteiger partial charge in [0.05, 0.1) is 0 Å². The molecule has 1 fully saturated rings. The van der Waals surface area contributed by atoms with Gasteiger partial charge in [0.2, 0.25) is 11.8 Å². The number of rotatable bonds is 4. The summed E-state index contributed by atoms with van der Waals surface area (Å²) in [6.07, 6.45) is 2.07. The number of benzene rings is 1. The van der Waals surface area contributed by atoms with E-state index in [1.165, 1.54) is 5.56 Å². The van der Waals surface area contributed by atoms with Crippen LogP contribution in [0.2, 0.25) is 5.02 Å². The Morgan fingerprint density at radius 1 is 1.17 bits per heavy atom. The zero-order chi connectivity index (χ0) is 16.4. The fourth-order valence-corrected chi connectivity index (χ4v) is 3.93. The molecule has 0 atom stereocenters. The minimum atomic E-state index is 0.354. The lowest BCUT2D eigenvalue weighted by Crippen LogP contribution is -2.32. The largest absolute Gasteiger partial charge is 0.420 e. The van der Waals surface area contributed by atoms with Gasteiger partial charge in [0.1, 0.15) is 0 Å². The molecule has 1 aliphatic heterocycles. The van der Waals surface area contributed by atoms with Gasteiger partial charge >= 0.3 is 0 Å². The molecule has 124 valence electrons. The topological polar surface area (TPSA) is 42.2 Å². The lowest BCUT2D eigenvalue weighted by atomic mass is 9.96. The van der Waals surface area contributed by atoms with Crippen molar-refractivity contribution in [2.75, 3.05) is 13.1 Å². The number of piperidine rings is 1. The Hall–Kier alpha value is -1.69. The molecule has 2 aromatic heterocycles. The fraction of sp³-hybridized carbons (Fsp3) is 0.333. The van der Waals surface area contributed by atoms with Crippen molar-refractivity contribution >= 4 is 22.9 Å². The summed E-state index contributed by atoms with van der Waals surface area (Å²) in [5.41, 5.74) is 2.20. The molecule has 1 aliphatic rings. The Labute approximate surface area is 150 Å². The number of hydrogen-bond acceptors (Lipinski definition) is 5. The molecule has 0 radical (unpaired) electrons. The maximum atomic E-state index is 6.26. The van der Waals surface area contributed by atoms with E-state index in [2.05, 4.69) is 21.2 Å². The summed E-state index contributed by atoms with van der Waals surface area (Å²) in [6, 6.07) is 10.1. The van der Waals surface area contributed by atoms with Gasteiger partial charge in [0, 0.05) is 28.4 Å². The molecular weight excluding hydrogens is 342 g/mol. The molecule has 1 saturated heterocycles. The molecular formula is C18H18ClN3OS. The second kappa shape index (κ2) is 7.05. The van der Waals surface area contributed by atoms with Gasteiger partial charge in [-0.25, -0.2) is 0 Å². The SMILES string of the molecule is Clc1ccccc1CN1CCC(c2nnc(-c3ccsc3)o2)CC1. The number of nitrogens with zero attached hydrogens (tertiary/aromatic N) is 3. The maximum absolute atomic E-state index is 6.26. The van der Waals surface area contributed by atoms with Crippen molar-refractivity contribution in [3.63, 3.8) is 0 Å². The first kappa shape index (κ1) is 15.8. The number of hydrogen-bond donors (Lipinski definition) is 0. The first-order chi connectivity index (χ1) is 11.8. The van der Waals surface area contributed by atoms with Crippen LogP contribution in [0.15, 0.2) is 45.5 Å². The lowest BCUT2D eigenvalue weighted by Gasteiger charge is -2.30. The van der Waals surface area contributed by atoms with Crippen molar-refractivity contribution in [3.05, 3.63) is 57.6 Å². The molecule has 0 bridgehead atoms. The zero-order valence-electron chi connectivity index (χ0n) is 13.2. The van der Waals surface area contributed by atoms with Gasteiger partial charge in [-0.2, -0.15) is 11.3 Å². The minimum Gasteiger partial charge on any atom is -0.420 e. The summed E-state index contributed by atoms with van der Waals surface area (Å²) in [6.45, 7) is 2.94. The Bertz CT molecular complexity index is 794. The van der Waals surface area contributed by atoms with E-state index in [0.717, 1.165) is 49.0 Å². The monoisotopic (exact) mass is 359 g/mol. The molecule has 0 unspecified atom stereocenters. The molecule has 1 aromatic carbocycles. The number of aromatic nitrogens is 2. The van der Waals surface area contributed by atoms with Crippen molar-refractivity contribution in [3.8, 4) is 11.5 Å². The molecule has 3 heterocycles. The lowest BCUT2D eigenvalue weighted by molar-refractivity contribution is 0.193. The third-order valence-corrected chi connectivity index (χ3v) is 5.55. The average molecular weight is 360 g/mol.